The molecule has 2 N–H and O–H groups in total. The molecule has 0 heterocycles. The number of hydrogen-bond acceptors (Lipinski definition) is 2. The van der Waals surface area contributed by atoms with Gasteiger partial charge in [-0.2, -0.15) is 0 Å². The van der Waals surface area contributed by atoms with Crippen LogP contribution in [0.1, 0.15) is 32.8 Å². The minimum Gasteiger partial charge on any atom is -0.543 e. The fourth-order valence-electron chi connectivity index (χ4n) is 1.53. The average molecular weight is 265 g/mol. The van der Waals surface area contributed by atoms with E-state index in [9.17, 15) is 0 Å². The molecule has 0 aliphatic carbocycles. The molecule has 18 heavy (non-hydrogen) atoms. The highest BCUT2D eigenvalue weighted by atomic mass is 28.4. The third-order valence-electron chi connectivity index (χ3n) is 3.79. The summed E-state index contributed by atoms with van der Waals surface area (Å²) >= 11 is 0. The van der Waals surface area contributed by atoms with Crippen LogP contribution in [0.3, 0.4) is 0 Å². The van der Waals surface area contributed by atoms with Gasteiger partial charge in [0.2, 0.25) is 8.32 Å². The van der Waals surface area contributed by atoms with Crippen molar-refractivity contribution in [2.75, 3.05) is 6.54 Å². The molecule has 0 saturated carbocycles. The van der Waals surface area contributed by atoms with E-state index in [0.717, 1.165) is 25.1 Å². The van der Waals surface area contributed by atoms with E-state index < -0.39 is 8.32 Å². The van der Waals surface area contributed by atoms with E-state index in [2.05, 4.69) is 58.1 Å². The SMILES string of the molecule is CC(C)(C)[Si](C)(C)Oc1ccccc1CCCN. The van der Waals surface area contributed by atoms with Gasteiger partial charge >= 0.3 is 0 Å². The van der Waals surface area contributed by atoms with E-state index >= 15 is 0 Å². The number of benzene rings is 1. The van der Waals surface area contributed by atoms with E-state index in [-0.39, 0.29) is 5.04 Å². The second-order valence-electron chi connectivity index (χ2n) is 6.36. The largest absolute Gasteiger partial charge is 0.543 e. The van der Waals surface area contributed by atoms with Crippen LogP contribution < -0.4 is 10.2 Å². The van der Waals surface area contributed by atoms with Crippen molar-refractivity contribution >= 4 is 8.32 Å². The van der Waals surface area contributed by atoms with Crippen LogP contribution in [-0.4, -0.2) is 14.9 Å². The lowest BCUT2D eigenvalue weighted by molar-refractivity contribution is 0.486. The molecule has 0 bridgehead atoms. The van der Waals surface area contributed by atoms with Crippen LogP contribution in [0.15, 0.2) is 24.3 Å². The van der Waals surface area contributed by atoms with Gasteiger partial charge in [0.15, 0.2) is 0 Å². The summed E-state index contributed by atoms with van der Waals surface area (Å²) in [5.74, 6) is 1.05. The highest BCUT2D eigenvalue weighted by Gasteiger charge is 2.39. The Balaban J connectivity index is 2.90. The summed E-state index contributed by atoms with van der Waals surface area (Å²) in [5.41, 5.74) is 6.88. The summed E-state index contributed by atoms with van der Waals surface area (Å²) in [6, 6.07) is 8.36. The molecular weight excluding hydrogens is 238 g/mol. The van der Waals surface area contributed by atoms with Crippen molar-refractivity contribution in [3.05, 3.63) is 29.8 Å². The summed E-state index contributed by atoms with van der Waals surface area (Å²) in [6.07, 6.45) is 2.01. The fourth-order valence-corrected chi connectivity index (χ4v) is 2.59. The monoisotopic (exact) mass is 265 g/mol. The number of nitrogens with two attached hydrogens (primary N) is 1. The van der Waals surface area contributed by atoms with Gasteiger partial charge in [-0.05, 0) is 49.1 Å². The summed E-state index contributed by atoms with van der Waals surface area (Å²) in [6.45, 7) is 12.1. The first-order valence-electron chi connectivity index (χ1n) is 6.75. The van der Waals surface area contributed by atoms with Gasteiger partial charge in [-0.1, -0.05) is 39.0 Å². The van der Waals surface area contributed by atoms with Crippen molar-refractivity contribution in [1.29, 1.82) is 0 Å². The molecule has 2 nitrogen and oxygen atoms in total. The Bertz CT molecular complexity index is 382. The van der Waals surface area contributed by atoms with E-state index in [1.807, 2.05) is 0 Å². The third kappa shape index (κ3) is 3.85. The lowest BCUT2D eigenvalue weighted by Crippen LogP contribution is -2.44. The Kier molecular flexibility index (Phi) is 4.99. The molecule has 0 fully saturated rings. The van der Waals surface area contributed by atoms with Crippen LogP contribution >= 0.6 is 0 Å². The van der Waals surface area contributed by atoms with Crippen molar-refractivity contribution in [1.82, 2.24) is 0 Å². The van der Waals surface area contributed by atoms with Crippen molar-refractivity contribution < 1.29 is 4.43 Å². The third-order valence-corrected chi connectivity index (χ3v) is 8.14. The topological polar surface area (TPSA) is 35.2 Å². The maximum absolute atomic E-state index is 6.39. The molecule has 0 radical (unpaired) electrons. The first-order valence-corrected chi connectivity index (χ1v) is 9.66. The quantitative estimate of drug-likeness (QED) is 0.818. The van der Waals surface area contributed by atoms with Crippen molar-refractivity contribution in [3.8, 4) is 5.75 Å². The molecule has 1 rings (SSSR count). The second-order valence-corrected chi connectivity index (χ2v) is 11.1. The lowest BCUT2D eigenvalue weighted by Gasteiger charge is -2.37. The van der Waals surface area contributed by atoms with Crippen molar-refractivity contribution in [2.45, 2.75) is 51.7 Å². The van der Waals surface area contributed by atoms with Gasteiger partial charge in [-0.25, -0.2) is 0 Å². The molecule has 0 spiro atoms. The zero-order chi connectivity index (χ0) is 13.8. The molecule has 1 aromatic carbocycles. The van der Waals surface area contributed by atoms with Gasteiger partial charge in [-0.3, -0.25) is 0 Å². The average Bonchev–Trinajstić information content (AvgIpc) is 2.26. The molecule has 0 aromatic heterocycles. The first-order chi connectivity index (χ1) is 8.28. The van der Waals surface area contributed by atoms with Gasteiger partial charge < -0.3 is 10.2 Å². The van der Waals surface area contributed by atoms with Crippen LogP contribution in [0, 0.1) is 0 Å². The molecule has 0 aliphatic heterocycles. The zero-order valence-electron chi connectivity index (χ0n) is 12.4. The predicted octanol–water partition coefficient (Wildman–Crippen LogP) is 3.96. The standard InChI is InChI=1S/C15H27NOSi/c1-15(2,3)18(4,5)17-14-11-7-6-9-13(14)10-8-12-16/h6-7,9,11H,8,10,12,16H2,1-5H3. The molecule has 102 valence electrons. The van der Waals surface area contributed by atoms with Crippen LogP contribution in [-0.2, 0) is 6.42 Å². The van der Waals surface area contributed by atoms with Crippen LogP contribution in [0.5, 0.6) is 5.75 Å². The van der Waals surface area contributed by atoms with Crippen LogP contribution in [0.4, 0.5) is 0 Å². The smallest absolute Gasteiger partial charge is 0.250 e. The molecule has 0 amide bonds. The number of para-hydroxylation sites is 1. The van der Waals surface area contributed by atoms with Gasteiger partial charge in [-0.15, -0.1) is 0 Å². The Morgan fingerprint density at radius 3 is 2.33 bits per heavy atom. The number of rotatable bonds is 5. The highest BCUT2D eigenvalue weighted by molar-refractivity contribution is 6.74. The highest BCUT2D eigenvalue weighted by Crippen LogP contribution is 2.38. The summed E-state index contributed by atoms with van der Waals surface area (Å²) < 4.78 is 6.39. The molecule has 3 heteroatoms. The van der Waals surface area contributed by atoms with Gasteiger partial charge in [0.1, 0.15) is 5.75 Å². The van der Waals surface area contributed by atoms with E-state index in [0.29, 0.717) is 0 Å². The van der Waals surface area contributed by atoms with Crippen molar-refractivity contribution in [2.24, 2.45) is 5.73 Å². The minimum absolute atomic E-state index is 0.230. The number of hydrogen-bond donors (Lipinski definition) is 1. The minimum atomic E-state index is -1.75. The predicted molar refractivity (Wildman–Crippen MR) is 81.6 cm³/mol. The maximum atomic E-state index is 6.39. The van der Waals surface area contributed by atoms with Gasteiger partial charge in [0, 0.05) is 0 Å². The van der Waals surface area contributed by atoms with Gasteiger partial charge in [0.05, 0.1) is 0 Å². The molecule has 0 aliphatic rings. The van der Waals surface area contributed by atoms with Crippen LogP contribution in [0.25, 0.3) is 0 Å². The maximum Gasteiger partial charge on any atom is 0.250 e. The number of aryl methyl sites for hydroxylation is 1. The Labute approximate surface area is 113 Å². The molecule has 0 unspecified atom stereocenters. The van der Waals surface area contributed by atoms with Gasteiger partial charge in [0.25, 0.3) is 0 Å². The van der Waals surface area contributed by atoms with E-state index in [1.54, 1.807) is 0 Å². The van der Waals surface area contributed by atoms with E-state index in [1.165, 1.54) is 5.56 Å². The summed E-state index contributed by atoms with van der Waals surface area (Å²) in [5, 5.41) is 0.230. The Hall–Kier alpha value is -0.803. The zero-order valence-corrected chi connectivity index (χ0v) is 13.4. The Morgan fingerprint density at radius 2 is 1.78 bits per heavy atom. The van der Waals surface area contributed by atoms with Crippen LogP contribution in [0.2, 0.25) is 18.1 Å². The normalized spacial score (nSPS) is 12.6. The first kappa shape index (κ1) is 15.3. The molecule has 0 atom stereocenters. The molecule has 1 aromatic rings. The van der Waals surface area contributed by atoms with E-state index in [4.69, 9.17) is 10.2 Å². The summed E-state index contributed by atoms with van der Waals surface area (Å²) in [4.78, 5) is 0. The summed E-state index contributed by atoms with van der Waals surface area (Å²) in [7, 11) is -1.75. The molecule has 0 saturated heterocycles. The van der Waals surface area contributed by atoms with Crippen molar-refractivity contribution in [3.63, 3.8) is 0 Å². The lowest BCUT2D eigenvalue weighted by atomic mass is 10.1. The molecular formula is C15H27NOSi. The second kappa shape index (κ2) is 5.89. The fraction of sp³-hybridized carbons (Fsp3) is 0.600. The Morgan fingerprint density at radius 1 is 1.17 bits per heavy atom.